The van der Waals surface area contributed by atoms with E-state index in [-0.39, 0.29) is 24.4 Å². The maximum Gasteiger partial charge on any atom is 0.323 e. The average molecular weight is 283 g/mol. The number of likely N-dealkylation sites (N-methyl/N-ethyl adjacent to an activating group) is 2. The minimum atomic E-state index is -0.117. The molecule has 1 aromatic heterocycles. The number of rotatable bonds is 8. The number of nitrogens with two attached hydrogens (primary N) is 1. The first kappa shape index (κ1) is 15.9. The number of nitrogen functional groups attached to an aromatic ring is 1. The Morgan fingerprint density at radius 1 is 1.35 bits per heavy atom. The number of carbonyl (C=O) groups is 1. The molecular formula is C11H21N7O2. The summed E-state index contributed by atoms with van der Waals surface area (Å²) in [6.45, 7) is 5.03. The Kier molecular flexibility index (Phi) is 6.44. The highest BCUT2D eigenvalue weighted by molar-refractivity contribution is 5.80. The second-order valence-corrected chi connectivity index (χ2v) is 4.04. The summed E-state index contributed by atoms with van der Waals surface area (Å²) in [5, 5.41) is 2.70. The van der Waals surface area contributed by atoms with Crippen molar-refractivity contribution in [1.29, 1.82) is 0 Å². The van der Waals surface area contributed by atoms with Gasteiger partial charge in [-0.05, 0) is 13.3 Å². The number of hydrazine groups is 1. The zero-order chi connectivity index (χ0) is 15.0. The van der Waals surface area contributed by atoms with E-state index in [1.165, 1.54) is 0 Å². The van der Waals surface area contributed by atoms with Gasteiger partial charge in [-0.1, -0.05) is 6.92 Å². The van der Waals surface area contributed by atoms with Gasteiger partial charge >= 0.3 is 6.01 Å². The van der Waals surface area contributed by atoms with Crippen molar-refractivity contribution in [1.82, 2.24) is 20.3 Å². The van der Waals surface area contributed by atoms with E-state index in [2.05, 4.69) is 25.7 Å². The summed E-state index contributed by atoms with van der Waals surface area (Å²) >= 11 is 0. The highest BCUT2D eigenvalue weighted by atomic mass is 16.5. The lowest BCUT2D eigenvalue weighted by Crippen LogP contribution is -2.36. The third kappa shape index (κ3) is 4.84. The summed E-state index contributed by atoms with van der Waals surface area (Å²) < 4.78 is 5.36. The lowest BCUT2D eigenvalue weighted by Gasteiger charge is -2.17. The predicted molar refractivity (Wildman–Crippen MR) is 75.4 cm³/mol. The molecule has 112 valence electrons. The number of aromatic nitrogens is 3. The zero-order valence-corrected chi connectivity index (χ0v) is 12.0. The number of anilines is 2. The van der Waals surface area contributed by atoms with Crippen molar-refractivity contribution in [3.05, 3.63) is 0 Å². The van der Waals surface area contributed by atoms with Crippen molar-refractivity contribution in [3.63, 3.8) is 0 Å². The number of carbonyl (C=O) groups excluding carboxylic acids is 1. The molecule has 0 aliphatic rings. The van der Waals surface area contributed by atoms with Gasteiger partial charge in [-0.15, -0.1) is 0 Å². The van der Waals surface area contributed by atoms with E-state index in [4.69, 9.17) is 10.6 Å². The third-order valence-corrected chi connectivity index (χ3v) is 2.26. The van der Waals surface area contributed by atoms with Crippen molar-refractivity contribution >= 4 is 17.8 Å². The van der Waals surface area contributed by atoms with Gasteiger partial charge in [0.25, 0.3) is 0 Å². The number of ether oxygens (including phenoxy) is 1. The second kappa shape index (κ2) is 8.10. The van der Waals surface area contributed by atoms with Crippen molar-refractivity contribution in [2.75, 3.05) is 37.1 Å². The Hall–Kier alpha value is -2.16. The number of hydrogen-bond acceptors (Lipinski definition) is 8. The molecule has 0 saturated carbocycles. The Morgan fingerprint density at radius 2 is 2.10 bits per heavy atom. The molecule has 0 aromatic carbocycles. The van der Waals surface area contributed by atoms with Gasteiger partial charge in [-0.2, -0.15) is 15.0 Å². The van der Waals surface area contributed by atoms with Gasteiger partial charge in [-0.3, -0.25) is 10.2 Å². The molecule has 0 fully saturated rings. The summed E-state index contributed by atoms with van der Waals surface area (Å²) in [7, 11) is 1.70. The summed E-state index contributed by atoms with van der Waals surface area (Å²) in [5.41, 5.74) is 2.35. The van der Waals surface area contributed by atoms with Crippen LogP contribution in [0.25, 0.3) is 0 Å². The van der Waals surface area contributed by atoms with Gasteiger partial charge < -0.3 is 15.0 Å². The summed E-state index contributed by atoms with van der Waals surface area (Å²) in [4.78, 5) is 25.3. The maximum absolute atomic E-state index is 11.5. The Morgan fingerprint density at radius 3 is 2.70 bits per heavy atom. The van der Waals surface area contributed by atoms with Crippen LogP contribution in [0.5, 0.6) is 6.01 Å². The average Bonchev–Trinajstić information content (AvgIpc) is 2.44. The first-order chi connectivity index (χ1) is 9.60. The van der Waals surface area contributed by atoms with Gasteiger partial charge in [0.05, 0.1) is 13.2 Å². The van der Waals surface area contributed by atoms with E-state index >= 15 is 0 Å². The smallest absolute Gasteiger partial charge is 0.323 e. The maximum atomic E-state index is 11.5. The summed E-state index contributed by atoms with van der Waals surface area (Å²) in [5.74, 6) is 5.69. The molecule has 0 aliphatic heterocycles. The van der Waals surface area contributed by atoms with E-state index in [1.54, 1.807) is 11.9 Å². The fourth-order valence-electron chi connectivity index (χ4n) is 1.38. The molecule has 0 radical (unpaired) electrons. The third-order valence-electron chi connectivity index (χ3n) is 2.26. The molecule has 1 amide bonds. The molecule has 20 heavy (non-hydrogen) atoms. The van der Waals surface area contributed by atoms with Gasteiger partial charge in [0, 0.05) is 13.6 Å². The van der Waals surface area contributed by atoms with Crippen LogP contribution < -0.4 is 26.2 Å². The van der Waals surface area contributed by atoms with Crippen LogP contribution in [0.15, 0.2) is 0 Å². The van der Waals surface area contributed by atoms with Crippen LogP contribution in [-0.4, -0.2) is 47.6 Å². The molecule has 1 heterocycles. The molecule has 9 nitrogen and oxygen atoms in total. The van der Waals surface area contributed by atoms with Gasteiger partial charge in [0.2, 0.25) is 17.8 Å². The minimum absolute atomic E-state index is 0.117. The van der Waals surface area contributed by atoms with Crippen LogP contribution in [0, 0.1) is 0 Å². The van der Waals surface area contributed by atoms with Crippen LogP contribution in [0.2, 0.25) is 0 Å². The molecule has 9 heteroatoms. The molecule has 1 rings (SSSR count). The standard InChI is InChI=1S/C11H21N7O2/c1-4-6-20-11-15-9(17-12)14-10(16-11)18(3)7-8(19)13-5-2/h4-7,12H2,1-3H3,(H,13,19)(H,14,15,16,17). The first-order valence-corrected chi connectivity index (χ1v) is 6.44. The Labute approximate surface area is 117 Å². The molecular weight excluding hydrogens is 262 g/mol. The van der Waals surface area contributed by atoms with Crippen molar-refractivity contribution < 1.29 is 9.53 Å². The van der Waals surface area contributed by atoms with Crippen molar-refractivity contribution in [2.24, 2.45) is 5.84 Å². The topological polar surface area (TPSA) is 118 Å². The molecule has 1 aromatic rings. The largest absolute Gasteiger partial charge is 0.463 e. The normalized spacial score (nSPS) is 10.0. The lowest BCUT2D eigenvalue weighted by molar-refractivity contribution is -0.119. The van der Waals surface area contributed by atoms with Crippen molar-refractivity contribution in [3.8, 4) is 6.01 Å². The number of nitrogens with one attached hydrogen (secondary N) is 2. The first-order valence-electron chi connectivity index (χ1n) is 6.44. The monoisotopic (exact) mass is 283 g/mol. The Bertz CT molecular complexity index is 441. The molecule has 4 N–H and O–H groups in total. The van der Waals surface area contributed by atoms with E-state index in [0.29, 0.717) is 19.1 Å². The van der Waals surface area contributed by atoms with E-state index < -0.39 is 0 Å². The fraction of sp³-hybridized carbons (Fsp3) is 0.636. The highest BCUT2D eigenvalue weighted by Crippen LogP contribution is 2.13. The zero-order valence-electron chi connectivity index (χ0n) is 12.0. The van der Waals surface area contributed by atoms with Crippen LogP contribution in [0.1, 0.15) is 20.3 Å². The predicted octanol–water partition coefficient (Wildman–Crippen LogP) is -0.482. The van der Waals surface area contributed by atoms with E-state index in [0.717, 1.165) is 6.42 Å². The van der Waals surface area contributed by atoms with E-state index in [9.17, 15) is 4.79 Å². The summed E-state index contributed by atoms with van der Waals surface area (Å²) in [6.07, 6.45) is 0.834. The number of hydrogen-bond donors (Lipinski definition) is 3. The second-order valence-electron chi connectivity index (χ2n) is 4.04. The summed E-state index contributed by atoms with van der Waals surface area (Å²) in [6, 6.07) is 0.174. The van der Waals surface area contributed by atoms with Crippen LogP contribution in [0.4, 0.5) is 11.9 Å². The molecule has 0 aliphatic carbocycles. The van der Waals surface area contributed by atoms with Crippen LogP contribution >= 0.6 is 0 Å². The molecule has 0 saturated heterocycles. The Balaban J connectivity index is 2.83. The van der Waals surface area contributed by atoms with Gasteiger partial charge in [0.1, 0.15) is 0 Å². The highest BCUT2D eigenvalue weighted by Gasteiger charge is 2.13. The molecule has 0 unspecified atom stereocenters. The van der Waals surface area contributed by atoms with Gasteiger partial charge in [-0.25, -0.2) is 5.84 Å². The quantitative estimate of drug-likeness (QED) is 0.432. The van der Waals surface area contributed by atoms with Gasteiger partial charge in [0.15, 0.2) is 0 Å². The molecule has 0 bridgehead atoms. The number of amides is 1. The van der Waals surface area contributed by atoms with E-state index in [1.807, 2.05) is 13.8 Å². The lowest BCUT2D eigenvalue weighted by atomic mass is 10.5. The van der Waals surface area contributed by atoms with Crippen LogP contribution in [0.3, 0.4) is 0 Å². The number of nitrogens with zero attached hydrogens (tertiary/aromatic N) is 4. The molecule has 0 spiro atoms. The molecule has 0 atom stereocenters. The van der Waals surface area contributed by atoms with Crippen molar-refractivity contribution in [2.45, 2.75) is 20.3 Å². The SMILES string of the molecule is CCCOc1nc(NN)nc(N(C)CC(=O)NCC)n1. The van der Waals surface area contributed by atoms with Crippen LogP contribution in [-0.2, 0) is 4.79 Å². The fourth-order valence-corrected chi connectivity index (χ4v) is 1.38. The minimum Gasteiger partial charge on any atom is -0.463 e.